The fraction of sp³-hybridized carbons (Fsp3) is 0.882. The Morgan fingerprint density at radius 2 is 1.18 bits per heavy atom. The van der Waals surface area contributed by atoms with E-state index in [0.29, 0.717) is 6.42 Å². The second-order valence-corrected chi connectivity index (χ2v) is 13.6. The molecule has 284 valence electrons. The highest BCUT2D eigenvalue weighted by Crippen LogP contribution is 2.40. The Labute approximate surface area is 288 Å². The van der Waals surface area contributed by atoms with Crippen LogP contribution in [-0.4, -0.2) is 119 Å². The largest absolute Gasteiger partial charge is 0.455 e. The van der Waals surface area contributed by atoms with E-state index in [-0.39, 0.29) is 6.42 Å². The van der Waals surface area contributed by atoms with Crippen molar-refractivity contribution in [1.29, 1.82) is 0 Å². The maximum absolute atomic E-state index is 13.3. The highest BCUT2D eigenvalue weighted by atomic mass is 16.8. The van der Waals surface area contributed by atoms with E-state index >= 15 is 0 Å². The summed E-state index contributed by atoms with van der Waals surface area (Å²) in [5, 5.41) is 41.9. The molecule has 0 amide bonds. The maximum atomic E-state index is 13.3. The van der Waals surface area contributed by atoms with Crippen molar-refractivity contribution in [2.24, 2.45) is 17.8 Å². The number of ether oxygens (including phenoxy) is 7. The first kappa shape index (κ1) is 42.8. The van der Waals surface area contributed by atoms with Crippen molar-refractivity contribution < 1.29 is 72.8 Å². The second kappa shape index (κ2) is 20.4. The van der Waals surface area contributed by atoms with Crippen LogP contribution < -0.4 is 0 Å². The van der Waals surface area contributed by atoms with Gasteiger partial charge in [-0.15, -0.1) is 0 Å². The third-order valence-electron chi connectivity index (χ3n) is 8.38. The number of aliphatic hydroxyl groups is 4. The molecule has 2 heterocycles. The zero-order valence-electron chi connectivity index (χ0n) is 29.9. The lowest BCUT2D eigenvalue weighted by Crippen LogP contribution is -2.65. The van der Waals surface area contributed by atoms with E-state index < -0.39 is 116 Å². The van der Waals surface area contributed by atoms with E-state index in [1.807, 2.05) is 0 Å². The molecule has 0 saturated carbocycles. The Hall–Kier alpha value is -2.40. The Bertz CT molecular complexity index is 1050. The lowest BCUT2D eigenvalue weighted by Gasteiger charge is -2.46. The summed E-state index contributed by atoms with van der Waals surface area (Å²) in [5.41, 5.74) is 0. The molecule has 15 nitrogen and oxygen atoms in total. The van der Waals surface area contributed by atoms with E-state index in [9.17, 15) is 39.6 Å². The van der Waals surface area contributed by atoms with Gasteiger partial charge < -0.3 is 53.6 Å². The summed E-state index contributed by atoms with van der Waals surface area (Å²) in [6, 6.07) is 0. The molecule has 9 atom stereocenters. The van der Waals surface area contributed by atoms with Crippen LogP contribution in [0, 0.1) is 17.8 Å². The molecule has 0 aromatic rings. The SMILES string of the molecule is CCCCCCCCCC(=O)O[C@H]1[C@@H](O[C@]2(CO)O[C@@H](CO)[C@H](O)[C@H]2OC(=O)C(C)C)O[C@H](CO)[C@@H](OC(=O)C(C)C)[C@@H]1OC(=O)C(C)C. The van der Waals surface area contributed by atoms with Crippen molar-refractivity contribution >= 4 is 23.9 Å². The molecule has 2 fully saturated rings. The van der Waals surface area contributed by atoms with Gasteiger partial charge in [0.05, 0.1) is 31.0 Å². The molecule has 2 saturated heterocycles. The van der Waals surface area contributed by atoms with Crippen LogP contribution in [0.1, 0.15) is 99.8 Å². The summed E-state index contributed by atoms with van der Waals surface area (Å²) in [7, 11) is 0. The topological polar surface area (TPSA) is 214 Å². The molecule has 15 heteroatoms. The molecule has 0 aromatic carbocycles. The predicted octanol–water partition coefficient (Wildman–Crippen LogP) is 1.92. The molecule has 0 radical (unpaired) electrons. The van der Waals surface area contributed by atoms with Gasteiger partial charge in [-0.25, -0.2) is 0 Å². The van der Waals surface area contributed by atoms with Crippen molar-refractivity contribution in [3.8, 4) is 0 Å². The van der Waals surface area contributed by atoms with E-state index in [2.05, 4.69) is 6.92 Å². The summed E-state index contributed by atoms with van der Waals surface area (Å²) < 4.78 is 40.6. The first-order chi connectivity index (χ1) is 23.2. The summed E-state index contributed by atoms with van der Waals surface area (Å²) >= 11 is 0. The number of hydrogen-bond donors (Lipinski definition) is 4. The summed E-state index contributed by atoms with van der Waals surface area (Å²) in [6.07, 6.45) is -6.22. The normalized spacial score (nSPS) is 30.1. The summed E-state index contributed by atoms with van der Waals surface area (Å²) in [5.74, 6) is -7.35. The molecule has 0 unspecified atom stereocenters. The van der Waals surface area contributed by atoms with Crippen LogP contribution in [0.15, 0.2) is 0 Å². The minimum atomic E-state index is -2.39. The van der Waals surface area contributed by atoms with E-state index in [4.69, 9.17) is 33.2 Å². The van der Waals surface area contributed by atoms with Gasteiger partial charge in [0.1, 0.15) is 24.9 Å². The Morgan fingerprint density at radius 3 is 1.69 bits per heavy atom. The predicted molar refractivity (Wildman–Crippen MR) is 171 cm³/mol. The fourth-order valence-corrected chi connectivity index (χ4v) is 5.37. The summed E-state index contributed by atoms with van der Waals surface area (Å²) in [4.78, 5) is 51.8. The van der Waals surface area contributed by atoms with E-state index in [0.717, 1.165) is 38.5 Å². The zero-order valence-corrected chi connectivity index (χ0v) is 29.9. The van der Waals surface area contributed by atoms with Crippen molar-refractivity contribution in [1.82, 2.24) is 0 Å². The molecule has 2 aliphatic rings. The quantitative estimate of drug-likeness (QED) is 0.0809. The van der Waals surface area contributed by atoms with Gasteiger partial charge in [-0.2, -0.15) is 0 Å². The second-order valence-electron chi connectivity index (χ2n) is 13.6. The van der Waals surface area contributed by atoms with E-state index in [1.54, 1.807) is 41.5 Å². The lowest BCUT2D eigenvalue weighted by atomic mass is 9.97. The van der Waals surface area contributed by atoms with Gasteiger partial charge in [0.15, 0.2) is 24.4 Å². The zero-order chi connectivity index (χ0) is 36.9. The van der Waals surface area contributed by atoms with Crippen molar-refractivity contribution in [3.63, 3.8) is 0 Å². The Balaban J connectivity index is 2.55. The third-order valence-corrected chi connectivity index (χ3v) is 8.38. The van der Waals surface area contributed by atoms with Crippen molar-refractivity contribution in [2.45, 2.75) is 155 Å². The number of rotatable bonds is 20. The highest BCUT2D eigenvalue weighted by molar-refractivity contribution is 5.73. The van der Waals surface area contributed by atoms with Crippen LogP contribution in [0.3, 0.4) is 0 Å². The first-order valence-electron chi connectivity index (χ1n) is 17.5. The Morgan fingerprint density at radius 1 is 0.673 bits per heavy atom. The maximum Gasteiger partial charge on any atom is 0.308 e. The first-order valence-corrected chi connectivity index (χ1v) is 17.5. The Kier molecular flexibility index (Phi) is 17.8. The van der Waals surface area contributed by atoms with E-state index in [1.165, 1.54) is 0 Å². The van der Waals surface area contributed by atoms with Crippen LogP contribution >= 0.6 is 0 Å². The number of aliphatic hydroxyl groups excluding tert-OH is 4. The monoisotopic (exact) mass is 706 g/mol. The fourth-order valence-electron chi connectivity index (χ4n) is 5.37. The number of hydrogen-bond acceptors (Lipinski definition) is 15. The number of unbranched alkanes of at least 4 members (excludes halogenated alkanes) is 6. The van der Waals surface area contributed by atoms with Gasteiger partial charge in [-0.05, 0) is 6.42 Å². The molecule has 2 rings (SSSR count). The van der Waals surface area contributed by atoms with Gasteiger partial charge in [0.2, 0.25) is 12.1 Å². The molecule has 0 bridgehead atoms. The van der Waals surface area contributed by atoms with Gasteiger partial charge in [0.25, 0.3) is 0 Å². The van der Waals surface area contributed by atoms with Crippen molar-refractivity contribution in [3.05, 3.63) is 0 Å². The summed E-state index contributed by atoms with van der Waals surface area (Å²) in [6.45, 7) is 8.88. The molecular weight excluding hydrogens is 648 g/mol. The molecule has 4 N–H and O–H groups in total. The third kappa shape index (κ3) is 11.8. The molecule has 2 aliphatic heterocycles. The average Bonchev–Trinajstić information content (AvgIpc) is 3.32. The van der Waals surface area contributed by atoms with Crippen LogP contribution in [-0.2, 0) is 52.3 Å². The number of esters is 4. The molecule has 0 aromatic heterocycles. The lowest BCUT2D eigenvalue weighted by molar-refractivity contribution is -0.384. The molecule has 0 aliphatic carbocycles. The van der Waals surface area contributed by atoms with Gasteiger partial charge >= 0.3 is 23.9 Å². The molecular formula is C34H58O15. The van der Waals surface area contributed by atoms with Crippen LogP contribution in [0.25, 0.3) is 0 Å². The average molecular weight is 707 g/mol. The van der Waals surface area contributed by atoms with Crippen LogP contribution in [0.5, 0.6) is 0 Å². The minimum absolute atomic E-state index is 0.0245. The van der Waals surface area contributed by atoms with Crippen LogP contribution in [0.2, 0.25) is 0 Å². The minimum Gasteiger partial charge on any atom is -0.455 e. The molecule has 0 spiro atoms. The van der Waals surface area contributed by atoms with Gasteiger partial charge in [-0.3, -0.25) is 19.2 Å². The van der Waals surface area contributed by atoms with Crippen molar-refractivity contribution in [2.75, 3.05) is 19.8 Å². The standard InChI is InChI=1S/C34H58O15/c1-8-9-10-11-12-13-14-15-24(38)44-28-27(46-31(41)20(4)5)26(45-30(40)19(2)3)23(17-36)43-33(28)49-34(18-37)29(47-32(42)21(6)7)25(39)22(16-35)48-34/h19-23,25-29,33,35-37,39H,8-18H2,1-7H3/t22-,23+,25-,26+,27-,28+,29+,33+,34-/m0/s1. The number of carbonyl (C=O) groups is 4. The van der Waals surface area contributed by atoms with Gasteiger partial charge in [0, 0.05) is 6.42 Å². The van der Waals surface area contributed by atoms with Gasteiger partial charge in [-0.1, -0.05) is 87.0 Å². The smallest absolute Gasteiger partial charge is 0.308 e. The molecule has 49 heavy (non-hydrogen) atoms. The number of carbonyl (C=O) groups excluding carboxylic acids is 4. The highest BCUT2D eigenvalue weighted by Gasteiger charge is 2.62. The van der Waals surface area contributed by atoms with Crippen LogP contribution in [0.4, 0.5) is 0 Å².